The van der Waals surface area contributed by atoms with Gasteiger partial charge in [-0.15, -0.1) is 0 Å². The molecule has 1 amide bonds. The molecule has 6 nitrogen and oxygen atoms in total. The lowest BCUT2D eigenvalue weighted by atomic mass is 10.0. The number of carbonyl (C=O) groups is 2. The molecular formula is C18H22ClN3O3. The fourth-order valence-electron chi connectivity index (χ4n) is 2.57. The van der Waals surface area contributed by atoms with E-state index in [1.54, 1.807) is 30.7 Å². The number of nitrogens with zero attached hydrogens (tertiary/aromatic N) is 2. The van der Waals surface area contributed by atoms with Crippen molar-refractivity contribution in [2.24, 2.45) is 5.92 Å². The third-order valence-electron chi connectivity index (χ3n) is 4.38. The van der Waals surface area contributed by atoms with Crippen molar-refractivity contribution in [3.05, 3.63) is 46.2 Å². The topological polar surface area (TPSA) is 84.2 Å². The van der Waals surface area contributed by atoms with Crippen molar-refractivity contribution in [1.29, 1.82) is 0 Å². The fourth-order valence-corrected chi connectivity index (χ4v) is 2.69. The third-order valence-corrected chi connectivity index (χ3v) is 4.63. The first-order valence-electron chi connectivity index (χ1n) is 8.04. The lowest BCUT2D eigenvalue weighted by molar-refractivity contribution is -0.142. The summed E-state index contributed by atoms with van der Waals surface area (Å²) in [6, 6.07) is 6.85. The summed E-state index contributed by atoms with van der Waals surface area (Å²) in [5.41, 5.74) is 3.34. The Labute approximate surface area is 151 Å². The molecule has 0 fully saturated rings. The van der Waals surface area contributed by atoms with Gasteiger partial charge in [0, 0.05) is 22.3 Å². The van der Waals surface area contributed by atoms with Gasteiger partial charge in [0.15, 0.2) is 0 Å². The van der Waals surface area contributed by atoms with E-state index in [-0.39, 0.29) is 12.3 Å². The van der Waals surface area contributed by atoms with Crippen LogP contribution in [0.5, 0.6) is 0 Å². The van der Waals surface area contributed by atoms with Gasteiger partial charge in [0.1, 0.15) is 0 Å². The molecule has 2 unspecified atom stereocenters. The molecule has 2 N–H and O–H groups in total. The number of halogens is 1. The van der Waals surface area contributed by atoms with Crippen LogP contribution in [0.4, 0.5) is 0 Å². The number of nitrogens with one attached hydrogen (secondary N) is 1. The monoisotopic (exact) mass is 363 g/mol. The summed E-state index contributed by atoms with van der Waals surface area (Å²) in [6.45, 7) is 7.02. The van der Waals surface area contributed by atoms with E-state index in [1.165, 1.54) is 0 Å². The second kappa shape index (κ2) is 7.70. The van der Waals surface area contributed by atoms with E-state index in [9.17, 15) is 9.59 Å². The highest BCUT2D eigenvalue weighted by Gasteiger charge is 2.22. The minimum atomic E-state index is -0.935. The van der Waals surface area contributed by atoms with Gasteiger partial charge in [0.2, 0.25) is 5.91 Å². The number of aryl methyl sites for hydroxylation is 1. The van der Waals surface area contributed by atoms with E-state index in [1.807, 2.05) is 26.0 Å². The Hall–Kier alpha value is -2.34. The number of carbonyl (C=O) groups excluding carboxylic acids is 1. The SMILES string of the molecule is Cc1nn(-c2ccc(Cl)cc2)c(C)c1CC(=O)NC(C)C(C)C(=O)O. The summed E-state index contributed by atoms with van der Waals surface area (Å²) in [6.07, 6.45) is 0.155. The molecule has 0 saturated heterocycles. The van der Waals surface area contributed by atoms with Gasteiger partial charge in [-0.2, -0.15) is 5.10 Å². The largest absolute Gasteiger partial charge is 0.481 e. The van der Waals surface area contributed by atoms with Crippen molar-refractivity contribution < 1.29 is 14.7 Å². The molecule has 0 saturated carbocycles. The van der Waals surface area contributed by atoms with Gasteiger partial charge in [-0.1, -0.05) is 11.6 Å². The van der Waals surface area contributed by atoms with Crippen molar-refractivity contribution in [3.63, 3.8) is 0 Å². The predicted octanol–water partition coefficient (Wildman–Crippen LogP) is 2.91. The first-order chi connectivity index (χ1) is 11.7. The van der Waals surface area contributed by atoms with Crippen LogP contribution in [0, 0.1) is 19.8 Å². The zero-order valence-electron chi connectivity index (χ0n) is 14.7. The molecule has 2 aromatic rings. The maximum Gasteiger partial charge on any atom is 0.308 e. The molecule has 2 rings (SSSR count). The van der Waals surface area contributed by atoms with Crippen LogP contribution in [0.3, 0.4) is 0 Å². The van der Waals surface area contributed by atoms with E-state index >= 15 is 0 Å². The quantitative estimate of drug-likeness (QED) is 0.826. The summed E-state index contributed by atoms with van der Waals surface area (Å²) in [5, 5.41) is 16.9. The van der Waals surface area contributed by atoms with Gasteiger partial charge in [0.05, 0.1) is 23.7 Å². The molecule has 0 aliphatic carbocycles. The van der Waals surface area contributed by atoms with E-state index < -0.39 is 17.9 Å². The first kappa shape index (κ1) is 19.0. The fraction of sp³-hybridized carbons (Fsp3) is 0.389. The van der Waals surface area contributed by atoms with Crippen LogP contribution in [-0.4, -0.2) is 32.8 Å². The maximum atomic E-state index is 12.3. The standard InChI is InChI=1S/C18H22ClN3O3/c1-10(18(24)25)11(2)20-17(23)9-16-12(3)21-22(13(16)4)15-7-5-14(19)6-8-15/h5-8,10-11H,9H2,1-4H3,(H,20,23)(H,24,25). The van der Waals surface area contributed by atoms with Crippen molar-refractivity contribution in [1.82, 2.24) is 15.1 Å². The minimum Gasteiger partial charge on any atom is -0.481 e. The number of carboxylic acids is 1. The highest BCUT2D eigenvalue weighted by atomic mass is 35.5. The molecule has 25 heavy (non-hydrogen) atoms. The van der Waals surface area contributed by atoms with Gasteiger partial charge in [-0.3, -0.25) is 9.59 Å². The first-order valence-corrected chi connectivity index (χ1v) is 8.41. The second-order valence-corrected chi connectivity index (χ2v) is 6.63. The van der Waals surface area contributed by atoms with Crippen molar-refractivity contribution in [2.75, 3.05) is 0 Å². The van der Waals surface area contributed by atoms with Gasteiger partial charge in [0.25, 0.3) is 0 Å². The van der Waals surface area contributed by atoms with Crippen LogP contribution < -0.4 is 5.32 Å². The maximum absolute atomic E-state index is 12.3. The van der Waals surface area contributed by atoms with Crippen molar-refractivity contribution in [3.8, 4) is 5.69 Å². The van der Waals surface area contributed by atoms with Crippen molar-refractivity contribution in [2.45, 2.75) is 40.2 Å². The van der Waals surface area contributed by atoms with E-state index in [2.05, 4.69) is 10.4 Å². The Morgan fingerprint density at radius 2 is 1.84 bits per heavy atom. The number of aromatic nitrogens is 2. The molecule has 7 heteroatoms. The molecular weight excluding hydrogens is 342 g/mol. The zero-order valence-corrected chi connectivity index (χ0v) is 15.5. The summed E-state index contributed by atoms with van der Waals surface area (Å²) < 4.78 is 1.78. The predicted molar refractivity (Wildman–Crippen MR) is 96.2 cm³/mol. The Morgan fingerprint density at radius 3 is 2.40 bits per heavy atom. The molecule has 0 bridgehead atoms. The summed E-state index contributed by atoms with van der Waals surface area (Å²) in [7, 11) is 0. The van der Waals surface area contributed by atoms with E-state index in [0.29, 0.717) is 5.02 Å². The van der Waals surface area contributed by atoms with Gasteiger partial charge in [-0.25, -0.2) is 4.68 Å². The number of carboxylic acid groups (broad SMARTS) is 1. The number of hydrogen-bond donors (Lipinski definition) is 2. The molecule has 1 aromatic carbocycles. The number of rotatable bonds is 6. The van der Waals surface area contributed by atoms with Crippen LogP contribution in [0.15, 0.2) is 24.3 Å². The van der Waals surface area contributed by atoms with Crippen LogP contribution in [0.2, 0.25) is 5.02 Å². The Bertz CT molecular complexity index is 784. The minimum absolute atomic E-state index is 0.155. The second-order valence-electron chi connectivity index (χ2n) is 6.20. The summed E-state index contributed by atoms with van der Waals surface area (Å²) >= 11 is 5.92. The molecule has 1 heterocycles. The molecule has 0 spiro atoms. The molecule has 0 aliphatic rings. The van der Waals surface area contributed by atoms with E-state index in [4.69, 9.17) is 16.7 Å². The Morgan fingerprint density at radius 1 is 1.24 bits per heavy atom. The van der Waals surface area contributed by atoms with Gasteiger partial charge in [-0.05, 0) is 52.0 Å². The number of aliphatic carboxylic acids is 1. The van der Waals surface area contributed by atoms with Gasteiger partial charge < -0.3 is 10.4 Å². The lowest BCUT2D eigenvalue weighted by Crippen LogP contribution is -2.40. The van der Waals surface area contributed by atoms with Crippen LogP contribution in [0.25, 0.3) is 5.69 Å². The number of benzene rings is 1. The lowest BCUT2D eigenvalue weighted by Gasteiger charge is -2.17. The average Bonchev–Trinajstić information content (AvgIpc) is 2.82. The molecule has 1 aromatic heterocycles. The third kappa shape index (κ3) is 4.39. The summed E-state index contributed by atoms with van der Waals surface area (Å²) in [5.74, 6) is -1.80. The highest BCUT2D eigenvalue weighted by molar-refractivity contribution is 6.30. The van der Waals surface area contributed by atoms with Crippen LogP contribution >= 0.6 is 11.6 Å². The van der Waals surface area contributed by atoms with Crippen LogP contribution in [-0.2, 0) is 16.0 Å². The Balaban J connectivity index is 2.16. The molecule has 2 atom stereocenters. The summed E-state index contributed by atoms with van der Waals surface area (Å²) in [4.78, 5) is 23.3. The normalized spacial score (nSPS) is 13.3. The molecule has 0 radical (unpaired) electrons. The van der Waals surface area contributed by atoms with Gasteiger partial charge >= 0.3 is 5.97 Å². The smallest absolute Gasteiger partial charge is 0.308 e. The number of amides is 1. The van der Waals surface area contributed by atoms with Crippen LogP contribution in [0.1, 0.15) is 30.8 Å². The Kier molecular flexibility index (Phi) is 5.85. The zero-order chi connectivity index (χ0) is 18.7. The van der Waals surface area contributed by atoms with Crippen molar-refractivity contribution >= 4 is 23.5 Å². The average molecular weight is 364 g/mol. The highest BCUT2D eigenvalue weighted by Crippen LogP contribution is 2.20. The number of hydrogen-bond acceptors (Lipinski definition) is 3. The molecule has 134 valence electrons. The molecule has 0 aliphatic heterocycles. The van der Waals surface area contributed by atoms with E-state index in [0.717, 1.165) is 22.6 Å².